The number of hydrogen-bond donors (Lipinski definition) is 2. The van der Waals surface area contributed by atoms with Gasteiger partial charge in [-0.2, -0.15) is 0 Å². The highest BCUT2D eigenvalue weighted by molar-refractivity contribution is 5.73. The van der Waals surface area contributed by atoms with E-state index >= 15 is 0 Å². The number of nitrogens with one attached hydrogen (secondary N) is 1. The fourth-order valence-electron chi connectivity index (χ4n) is 1.32. The number of benzene rings is 1. The fourth-order valence-corrected chi connectivity index (χ4v) is 1.32. The van der Waals surface area contributed by atoms with Crippen LogP contribution in [0.25, 0.3) is 0 Å². The van der Waals surface area contributed by atoms with Gasteiger partial charge in [0, 0.05) is 6.92 Å². The Morgan fingerprint density at radius 1 is 1.47 bits per heavy atom. The van der Waals surface area contributed by atoms with E-state index in [4.69, 9.17) is 9.84 Å². The van der Waals surface area contributed by atoms with Gasteiger partial charge in [-0.25, -0.2) is 0 Å². The molecule has 0 aliphatic rings. The Kier molecular flexibility index (Phi) is 4.12. The third-order valence-corrected chi connectivity index (χ3v) is 2.08. The molecule has 0 bridgehead atoms. The molecule has 4 nitrogen and oxygen atoms in total. The van der Waals surface area contributed by atoms with Crippen LogP contribution in [-0.2, 0) is 4.79 Å². The van der Waals surface area contributed by atoms with Crippen LogP contribution in [0, 0.1) is 0 Å². The van der Waals surface area contributed by atoms with E-state index in [1.807, 2.05) is 12.1 Å². The van der Waals surface area contributed by atoms with Gasteiger partial charge in [-0.15, -0.1) is 0 Å². The van der Waals surface area contributed by atoms with E-state index in [1.165, 1.54) is 6.92 Å². The Labute approximate surface area is 88.9 Å². The molecule has 0 aliphatic carbocycles. The standard InChI is InChI=1S/C11H15NO3/c1-8(14)12-11(7-13)9-3-5-10(15-2)6-4-9/h3-6,11,13H,7H2,1-2H3,(H,12,14). The lowest BCUT2D eigenvalue weighted by Crippen LogP contribution is -2.28. The van der Waals surface area contributed by atoms with E-state index in [-0.39, 0.29) is 18.6 Å². The number of rotatable bonds is 4. The molecule has 0 saturated heterocycles. The Morgan fingerprint density at radius 2 is 2.07 bits per heavy atom. The number of aliphatic hydroxyl groups excluding tert-OH is 1. The monoisotopic (exact) mass is 209 g/mol. The third kappa shape index (κ3) is 3.25. The van der Waals surface area contributed by atoms with Crippen LogP contribution in [0.4, 0.5) is 0 Å². The van der Waals surface area contributed by atoms with Crippen molar-refractivity contribution < 1.29 is 14.6 Å². The van der Waals surface area contributed by atoms with Crippen LogP contribution in [0.5, 0.6) is 5.75 Å². The molecule has 0 fully saturated rings. The summed E-state index contributed by atoms with van der Waals surface area (Å²) in [4.78, 5) is 10.9. The van der Waals surface area contributed by atoms with Gasteiger partial charge in [0.2, 0.25) is 5.91 Å². The molecule has 82 valence electrons. The summed E-state index contributed by atoms with van der Waals surface area (Å²) in [7, 11) is 1.59. The maximum absolute atomic E-state index is 10.9. The molecule has 1 unspecified atom stereocenters. The summed E-state index contributed by atoms with van der Waals surface area (Å²) in [6, 6.07) is 6.86. The molecule has 1 amide bonds. The lowest BCUT2D eigenvalue weighted by Gasteiger charge is -2.15. The predicted octanol–water partition coefficient (Wildman–Crippen LogP) is 0.865. The fraction of sp³-hybridized carbons (Fsp3) is 0.364. The van der Waals surface area contributed by atoms with Gasteiger partial charge in [0.1, 0.15) is 5.75 Å². The molecule has 15 heavy (non-hydrogen) atoms. The molecular formula is C11H15NO3. The summed E-state index contributed by atoms with van der Waals surface area (Å²) >= 11 is 0. The van der Waals surface area contributed by atoms with Gasteiger partial charge < -0.3 is 15.2 Å². The third-order valence-electron chi connectivity index (χ3n) is 2.08. The van der Waals surface area contributed by atoms with Crippen molar-refractivity contribution in [3.63, 3.8) is 0 Å². The molecule has 0 saturated carbocycles. The molecule has 0 aliphatic heterocycles. The quantitative estimate of drug-likeness (QED) is 0.773. The van der Waals surface area contributed by atoms with E-state index in [0.717, 1.165) is 11.3 Å². The topological polar surface area (TPSA) is 58.6 Å². The molecule has 1 atom stereocenters. The molecule has 0 spiro atoms. The van der Waals surface area contributed by atoms with Crippen LogP contribution in [-0.4, -0.2) is 24.7 Å². The minimum absolute atomic E-state index is 0.119. The second kappa shape index (κ2) is 5.36. The summed E-state index contributed by atoms with van der Waals surface area (Å²) in [5.74, 6) is 0.586. The van der Waals surface area contributed by atoms with Crippen LogP contribution in [0.2, 0.25) is 0 Å². The first-order valence-corrected chi connectivity index (χ1v) is 4.69. The van der Waals surface area contributed by atoms with E-state index in [9.17, 15) is 4.79 Å². The van der Waals surface area contributed by atoms with Gasteiger partial charge in [0.25, 0.3) is 0 Å². The van der Waals surface area contributed by atoms with Crippen LogP contribution in [0.1, 0.15) is 18.5 Å². The van der Waals surface area contributed by atoms with Gasteiger partial charge in [-0.05, 0) is 17.7 Å². The first-order chi connectivity index (χ1) is 7.17. The zero-order chi connectivity index (χ0) is 11.3. The minimum atomic E-state index is -0.353. The van der Waals surface area contributed by atoms with E-state index in [2.05, 4.69) is 5.32 Å². The Morgan fingerprint density at radius 3 is 2.47 bits per heavy atom. The molecule has 4 heteroatoms. The minimum Gasteiger partial charge on any atom is -0.497 e. The maximum Gasteiger partial charge on any atom is 0.217 e. The second-order valence-corrected chi connectivity index (χ2v) is 3.21. The number of carbonyl (C=O) groups is 1. The van der Waals surface area contributed by atoms with Gasteiger partial charge in [-0.1, -0.05) is 12.1 Å². The summed E-state index contributed by atoms with van der Waals surface area (Å²) in [5.41, 5.74) is 0.855. The van der Waals surface area contributed by atoms with Crippen molar-refractivity contribution in [2.24, 2.45) is 0 Å². The van der Waals surface area contributed by atoms with Crippen LogP contribution < -0.4 is 10.1 Å². The molecule has 2 N–H and O–H groups in total. The van der Waals surface area contributed by atoms with Crippen LogP contribution in [0.3, 0.4) is 0 Å². The molecule has 0 aromatic heterocycles. The summed E-state index contributed by atoms with van der Waals surface area (Å²) in [6.07, 6.45) is 0. The normalized spacial score (nSPS) is 11.9. The van der Waals surface area contributed by atoms with E-state index < -0.39 is 0 Å². The highest BCUT2D eigenvalue weighted by Gasteiger charge is 2.10. The summed E-state index contributed by atoms with van der Waals surface area (Å²) in [6.45, 7) is 1.30. The van der Waals surface area contributed by atoms with Crippen LogP contribution in [0.15, 0.2) is 24.3 Å². The van der Waals surface area contributed by atoms with Gasteiger partial charge >= 0.3 is 0 Å². The van der Waals surface area contributed by atoms with Crippen molar-refractivity contribution in [3.05, 3.63) is 29.8 Å². The van der Waals surface area contributed by atoms with E-state index in [1.54, 1.807) is 19.2 Å². The molecular weight excluding hydrogens is 194 g/mol. The van der Waals surface area contributed by atoms with Crippen molar-refractivity contribution in [1.29, 1.82) is 0 Å². The van der Waals surface area contributed by atoms with Crippen molar-refractivity contribution >= 4 is 5.91 Å². The number of hydrogen-bond acceptors (Lipinski definition) is 3. The average molecular weight is 209 g/mol. The SMILES string of the molecule is COc1ccc(C(CO)NC(C)=O)cc1. The summed E-state index contributed by atoms with van der Waals surface area (Å²) in [5, 5.41) is 11.8. The highest BCUT2D eigenvalue weighted by atomic mass is 16.5. The average Bonchev–Trinajstić information content (AvgIpc) is 2.26. The largest absolute Gasteiger partial charge is 0.497 e. The molecule has 0 heterocycles. The molecule has 1 aromatic carbocycles. The summed E-state index contributed by atoms with van der Waals surface area (Å²) < 4.78 is 5.01. The zero-order valence-electron chi connectivity index (χ0n) is 8.86. The maximum atomic E-state index is 10.9. The van der Waals surface area contributed by atoms with Crippen molar-refractivity contribution in [1.82, 2.24) is 5.32 Å². The van der Waals surface area contributed by atoms with E-state index in [0.29, 0.717) is 0 Å². The number of carbonyl (C=O) groups excluding carboxylic acids is 1. The Balaban J connectivity index is 2.78. The second-order valence-electron chi connectivity index (χ2n) is 3.21. The smallest absolute Gasteiger partial charge is 0.217 e. The molecule has 1 rings (SSSR count). The lowest BCUT2D eigenvalue weighted by molar-refractivity contribution is -0.120. The van der Waals surface area contributed by atoms with Gasteiger partial charge in [0.05, 0.1) is 19.8 Å². The Hall–Kier alpha value is -1.55. The first-order valence-electron chi connectivity index (χ1n) is 4.69. The number of aliphatic hydroxyl groups is 1. The first kappa shape index (κ1) is 11.5. The Bertz CT molecular complexity index is 321. The number of ether oxygens (including phenoxy) is 1. The molecule has 1 aromatic rings. The van der Waals surface area contributed by atoms with Gasteiger partial charge in [0.15, 0.2) is 0 Å². The molecule has 0 radical (unpaired) electrons. The van der Waals surface area contributed by atoms with Crippen LogP contribution >= 0.6 is 0 Å². The predicted molar refractivity (Wildman–Crippen MR) is 56.6 cm³/mol. The number of amides is 1. The lowest BCUT2D eigenvalue weighted by atomic mass is 10.1. The zero-order valence-corrected chi connectivity index (χ0v) is 8.86. The van der Waals surface area contributed by atoms with Gasteiger partial charge in [-0.3, -0.25) is 4.79 Å². The van der Waals surface area contributed by atoms with Crippen molar-refractivity contribution in [3.8, 4) is 5.75 Å². The highest BCUT2D eigenvalue weighted by Crippen LogP contribution is 2.17. The van der Waals surface area contributed by atoms with Crippen molar-refractivity contribution in [2.45, 2.75) is 13.0 Å². The van der Waals surface area contributed by atoms with Crippen molar-refractivity contribution in [2.75, 3.05) is 13.7 Å². The number of methoxy groups -OCH3 is 1.